The first-order chi connectivity index (χ1) is 14.1. The fourth-order valence-corrected chi connectivity index (χ4v) is 3.99. The molecule has 2 amide bonds. The maximum absolute atomic E-state index is 12.8. The molecule has 2 aliphatic rings. The Hall–Kier alpha value is -2.90. The third kappa shape index (κ3) is 4.58. The van der Waals surface area contributed by atoms with Crippen LogP contribution >= 0.6 is 0 Å². The molecule has 4 rings (SSSR count). The highest BCUT2D eigenvalue weighted by Crippen LogP contribution is 2.27. The molecule has 1 aromatic heterocycles. The molecule has 1 aliphatic carbocycles. The SMILES string of the molecule is Cc1nc(COc2ccc(C(=O)N3CCN(C(=O)C4CCCC4)CC3)cc2)no1. The van der Waals surface area contributed by atoms with Gasteiger partial charge in [-0.1, -0.05) is 18.0 Å². The van der Waals surface area contributed by atoms with Crippen LogP contribution in [0.25, 0.3) is 0 Å². The predicted molar refractivity (Wildman–Crippen MR) is 104 cm³/mol. The standard InChI is InChI=1S/C21H26N4O4/c1-15-22-19(23-29-15)14-28-18-8-6-17(7-9-18)21(27)25-12-10-24(11-13-25)20(26)16-4-2-3-5-16/h6-9,16H,2-5,10-14H2,1H3. The van der Waals surface area contributed by atoms with Crippen molar-refractivity contribution in [3.05, 3.63) is 41.5 Å². The van der Waals surface area contributed by atoms with Gasteiger partial charge in [0.25, 0.3) is 5.91 Å². The summed E-state index contributed by atoms with van der Waals surface area (Å²) in [5.74, 6) is 2.06. The molecule has 8 nitrogen and oxygen atoms in total. The molecule has 0 spiro atoms. The average Bonchev–Trinajstić information content (AvgIpc) is 3.44. The number of piperazine rings is 1. The van der Waals surface area contributed by atoms with E-state index in [2.05, 4.69) is 10.1 Å². The summed E-state index contributed by atoms with van der Waals surface area (Å²) in [6.45, 7) is 4.32. The number of aromatic nitrogens is 2. The summed E-state index contributed by atoms with van der Waals surface area (Å²) in [5.41, 5.74) is 0.614. The van der Waals surface area contributed by atoms with Gasteiger partial charge in [-0.15, -0.1) is 0 Å². The molecule has 1 aliphatic heterocycles. The Bertz CT molecular complexity index is 850. The minimum Gasteiger partial charge on any atom is -0.485 e. The molecule has 0 radical (unpaired) electrons. The van der Waals surface area contributed by atoms with E-state index >= 15 is 0 Å². The van der Waals surface area contributed by atoms with Crippen LogP contribution in [0.2, 0.25) is 0 Å². The maximum Gasteiger partial charge on any atom is 0.253 e. The van der Waals surface area contributed by atoms with E-state index in [1.807, 2.05) is 9.80 Å². The highest BCUT2D eigenvalue weighted by atomic mass is 16.5. The van der Waals surface area contributed by atoms with Gasteiger partial charge in [0.2, 0.25) is 17.6 Å². The molecule has 0 N–H and O–H groups in total. The number of benzene rings is 1. The lowest BCUT2D eigenvalue weighted by atomic mass is 10.1. The third-order valence-corrected chi connectivity index (χ3v) is 5.62. The Morgan fingerprint density at radius 2 is 1.72 bits per heavy atom. The van der Waals surface area contributed by atoms with E-state index in [-0.39, 0.29) is 24.3 Å². The van der Waals surface area contributed by atoms with Crippen LogP contribution in [-0.2, 0) is 11.4 Å². The lowest BCUT2D eigenvalue weighted by Crippen LogP contribution is -2.51. The quantitative estimate of drug-likeness (QED) is 0.769. The van der Waals surface area contributed by atoms with Crippen LogP contribution < -0.4 is 4.74 Å². The smallest absolute Gasteiger partial charge is 0.253 e. The van der Waals surface area contributed by atoms with Crippen molar-refractivity contribution >= 4 is 11.8 Å². The van der Waals surface area contributed by atoms with Crippen molar-refractivity contribution < 1.29 is 18.8 Å². The van der Waals surface area contributed by atoms with E-state index in [4.69, 9.17) is 9.26 Å². The van der Waals surface area contributed by atoms with Crippen LogP contribution in [0.4, 0.5) is 0 Å². The van der Waals surface area contributed by atoms with Gasteiger partial charge in [0, 0.05) is 44.6 Å². The number of carbonyl (C=O) groups is 2. The summed E-state index contributed by atoms with van der Waals surface area (Å²) < 4.78 is 10.5. The zero-order valence-electron chi connectivity index (χ0n) is 16.7. The highest BCUT2D eigenvalue weighted by Gasteiger charge is 2.30. The molecule has 1 aromatic carbocycles. The summed E-state index contributed by atoms with van der Waals surface area (Å²) in [7, 11) is 0. The van der Waals surface area contributed by atoms with Crippen molar-refractivity contribution in [2.75, 3.05) is 26.2 Å². The van der Waals surface area contributed by atoms with Crippen LogP contribution in [0.3, 0.4) is 0 Å². The zero-order valence-corrected chi connectivity index (χ0v) is 16.7. The van der Waals surface area contributed by atoms with Gasteiger partial charge in [0.05, 0.1) is 0 Å². The first kappa shape index (κ1) is 19.4. The number of hydrogen-bond donors (Lipinski definition) is 0. The van der Waals surface area contributed by atoms with Gasteiger partial charge in [-0.25, -0.2) is 0 Å². The number of aryl methyl sites for hydroxylation is 1. The molecule has 0 bridgehead atoms. The molecule has 2 fully saturated rings. The molecule has 2 aromatic rings. The van der Waals surface area contributed by atoms with Crippen LogP contribution in [0.1, 0.15) is 47.8 Å². The monoisotopic (exact) mass is 398 g/mol. The molecule has 1 saturated carbocycles. The zero-order chi connectivity index (χ0) is 20.2. The van der Waals surface area contributed by atoms with Crippen molar-refractivity contribution in [2.45, 2.75) is 39.2 Å². The molecule has 8 heteroatoms. The van der Waals surface area contributed by atoms with Gasteiger partial charge in [-0.2, -0.15) is 4.98 Å². The lowest BCUT2D eigenvalue weighted by molar-refractivity contribution is -0.136. The Morgan fingerprint density at radius 3 is 2.34 bits per heavy atom. The second-order valence-electron chi connectivity index (χ2n) is 7.64. The van der Waals surface area contributed by atoms with Gasteiger partial charge in [0.1, 0.15) is 5.75 Å². The van der Waals surface area contributed by atoms with E-state index < -0.39 is 0 Å². The topological polar surface area (TPSA) is 88.8 Å². The number of nitrogens with zero attached hydrogens (tertiary/aromatic N) is 4. The van der Waals surface area contributed by atoms with E-state index in [9.17, 15) is 9.59 Å². The first-order valence-electron chi connectivity index (χ1n) is 10.2. The van der Waals surface area contributed by atoms with Crippen molar-refractivity contribution in [2.24, 2.45) is 5.92 Å². The Labute approximate surface area is 169 Å². The van der Waals surface area contributed by atoms with Crippen LogP contribution in [0, 0.1) is 12.8 Å². The predicted octanol–water partition coefficient (Wildman–Crippen LogP) is 2.43. The summed E-state index contributed by atoms with van der Waals surface area (Å²) in [5, 5.41) is 3.78. The van der Waals surface area contributed by atoms with Gasteiger partial charge in [0.15, 0.2) is 6.61 Å². The molecule has 0 unspecified atom stereocenters. The third-order valence-electron chi connectivity index (χ3n) is 5.62. The Morgan fingerprint density at radius 1 is 1.07 bits per heavy atom. The normalized spacial score (nSPS) is 17.6. The van der Waals surface area contributed by atoms with Crippen molar-refractivity contribution in [1.29, 1.82) is 0 Å². The van der Waals surface area contributed by atoms with Gasteiger partial charge in [-0.05, 0) is 37.1 Å². The minimum absolute atomic E-state index is 0.0155. The van der Waals surface area contributed by atoms with Crippen molar-refractivity contribution in [1.82, 2.24) is 19.9 Å². The first-order valence-corrected chi connectivity index (χ1v) is 10.2. The minimum atomic E-state index is -0.0155. The molecular formula is C21H26N4O4. The van der Waals surface area contributed by atoms with Gasteiger partial charge >= 0.3 is 0 Å². The number of amides is 2. The van der Waals surface area contributed by atoms with Gasteiger partial charge < -0.3 is 19.1 Å². The van der Waals surface area contributed by atoms with Crippen LogP contribution in [0.15, 0.2) is 28.8 Å². The number of carbonyl (C=O) groups excluding carboxylic acids is 2. The number of hydrogen-bond acceptors (Lipinski definition) is 6. The summed E-state index contributed by atoms with van der Waals surface area (Å²) in [6.07, 6.45) is 4.34. The Balaban J connectivity index is 1.27. The molecular weight excluding hydrogens is 372 g/mol. The van der Waals surface area contributed by atoms with Crippen molar-refractivity contribution in [3.8, 4) is 5.75 Å². The summed E-state index contributed by atoms with van der Waals surface area (Å²) >= 11 is 0. The van der Waals surface area contributed by atoms with Crippen LogP contribution in [0.5, 0.6) is 5.75 Å². The van der Waals surface area contributed by atoms with Crippen LogP contribution in [-0.4, -0.2) is 57.9 Å². The Kier molecular flexibility index (Phi) is 5.78. The average molecular weight is 398 g/mol. The molecule has 0 atom stereocenters. The fraction of sp³-hybridized carbons (Fsp3) is 0.524. The molecule has 154 valence electrons. The lowest BCUT2D eigenvalue weighted by Gasteiger charge is -2.36. The second-order valence-corrected chi connectivity index (χ2v) is 7.64. The number of ether oxygens (including phenoxy) is 1. The fourth-order valence-electron chi connectivity index (χ4n) is 3.99. The van der Waals surface area contributed by atoms with Crippen molar-refractivity contribution in [3.63, 3.8) is 0 Å². The molecule has 1 saturated heterocycles. The molecule has 29 heavy (non-hydrogen) atoms. The maximum atomic E-state index is 12.8. The number of rotatable bonds is 5. The second kappa shape index (κ2) is 8.63. The molecule has 2 heterocycles. The van der Waals surface area contributed by atoms with E-state index in [0.29, 0.717) is 49.2 Å². The van der Waals surface area contributed by atoms with E-state index in [1.165, 1.54) is 0 Å². The largest absolute Gasteiger partial charge is 0.485 e. The van der Waals surface area contributed by atoms with Gasteiger partial charge in [-0.3, -0.25) is 9.59 Å². The summed E-state index contributed by atoms with van der Waals surface area (Å²) in [4.78, 5) is 33.1. The van der Waals surface area contributed by atoms with E-state index in [1.54, 1.807) is 31.2 Å². The highest BCUT2D eigenvalue weighted by molar-refractivity contribution is 5.94. The van der Waals surface area contributed by atoms with E-state index in [0.717, 1.165) is 25.7 Å². The summed E-state index contributed by atoms with van der Waals surface area (Å²) in [6, 6.07) is 7.05.